The first-order valence-corrected chi connectivity index (χ1v) is 6.62. The monoisotopic (exact) mass is 248 g/mol. The number of aryl methyl sites for hydroxylation is 1. The highest BCUT2D eigenvalue weighted by Gasteiger charge is 2.26. The number of nitrogens with zero attached hydrogens (tertiary/aromatic N) is 1. The van der Waals surface area contributed by atoms with Crippen LogP contribution in [0.5, 0.6) is 0 Å². The summed E-state index contributed by atoms with van der Waals surface area (Å²) in [5, 5.41) is 14.3. The molecule has 4 nitrogen and oxygen atoms in total. The zero-order chi connectivity index (χ0) is 13.0. The maximum absolute atomic E-state index is 10.9. The van der Waals surface area contributed by atoms with Crippen molar-refractivity contribution in [3.05, 3.63) is 39.9 Å². The molecule has 2 rings (SSSR count). The molecule has 2 unspecified atom stereocenters. The molecule has 1 aliphatic rings. The van der Waals surface area contributed by atoms with Crippen molar-refractivity contribution in [3.63, 3.8) is 0 Å². The van der Waals surface area contributed by atoms with Gasteiger partial charge in [-0.15, -0.1) is 0 Å². The van der Waals surface area contributed by atoms with Crippen LogP contribution >= 0.6 is 0 Å². The third-order valence-corrected chi connectivity index (χ3v) is 4.00. The van der Waals surface area contributed by atoms with Crippen LogP contribution in [0.4, 0.5) is 5.69 Å². The lowest BCUT2D eigenvalue weighted by atomic mass is 9.94. The molecule has 1 N–H and O–H groups in total. The van der Waals surface area contributed by atoms with Crippen LogP contribution in [0, 0.1) is 16.0 Å². The summed E-state index contributed by atoms with van der Waals surface area (Å²) in [5.74, 6) is 0.662. The van der Waals surface area contributed by atoms with Crippen LogP contribution in [0.1, 0.15) is 31.2 Å². The van der Waals surface area contributed by atoms with Crippen LogP contribution in [-0.4, -0.2) is 18.0 Å². The van der Waals surface area contributed by atoms with Gasteiger partial charge in [0, 0.05) is 17.7 Å². The molecule has 0 bridgehead atoms. The second-order valence-electron chi connectivity index (χ2n) is 5.01. The second kappa shape index (κ2) is 5.96. The number of nitrogens with one attached hydrogen (secondary N) is 1. The first-order valence-electron chi connectivity index (χ1n) is 6.62. The molecule has 18 heavy (non-hydrogen) atoms. The first-order chi connectivity index (χ1) is 8.72. The molecule has 0 saturated heterocycles. The highest BCUT2D eigenvalue weighted by molar-refractivity contribution is 5.39. The van der Waals surface area contributed by atoms with Crippen molar-refractivity contribution >= 4 is 5.69 Å². The largest absolute Gasteiger partial charge is 0.317 e. The summed E-state index contributed by atoms with van der Waals surface area (Å²) < 4.78 is 0. The molecule has 98 valence electrons. The van der Waals surface area contributed by atoms with Crippen LogP contribution in [0.2, 0.25) is 0 Å². The van der Waals surface area contributed by atoms with Gasteiger partial charge in [0.2, 0.25) is 0 Å². The van der Waals surface area contributed by atoms with Crippen molar-refractivity contribution in [1.29, 1.82) is 0 Å². The van der Waals surface area contributed by atoms with Crippen molar-refractivity contribution in [2.75, 3.05) is 7.05 Å². The van der Waals surface area contributed by atoms with Crippen molar-refractivity contribution < 1.29 is 4.92 Å². The minimum absolute atomic E-state index is 0.261. The number of benzene rings is 1. The molecule has 2 atom stereocenters. The van der Waals surface area contributed by atoms with E-state index in [0.717, 1.165) is 18.4 Å². The Kier molecular flexibility index (Phi) is 4.31. The predicted molar refractivity (Wildman–Crippen MR) is 71.6 cm³/mol. The maximum atomic E-state index is 10.9. The molecule has 1 saturated carbocycles. The van der Waals surface area contributed by atoms with Crippen LogP contribution in [0.25, 0.3) is 0 Å². The van der Waals surface area contributed by atoms with E-state index in [1.165, 1.54) is 19.3 Å². The van der Waals surface area contributed by atoms with Crippen molar-refractivity contribution in [3.8, 4) is 0 Å². The molecule has 0 spiro atoms. The summed E-state index contributed by atoms with van der Waals surface area (Å²) in [5.41, 5.74) is 1.13. The Balaban J connectivity index is 2.00. The number of nitro benzene ring substituents is 1. The van der Waals surface area contributed by atoms with Gasteiger partial charge in [0.25, 0.3) is 5.69 Å². The number of hydrogen-bond donors (Lipinski definition) is 1. The molecular weight excluding hydrogens is 228 g/mol. The molecule has 1 fully saturated rings. The van der Waals surface area contributed by atoms with Gasteiger partial charge in [-0.2, -0.15) is 0 Å². The second-order valence-corrected chi connectivity index (χ2v) is 5.01. The molecule has 1 aromatic carbocycles. The standard InChI is InChI=1S/C14H20N2O2/c1-15-13-7-4-6-11(13)9-10-12-5-2-3-8-14(12)16(17)18/h2-3,5,8,11,13,15H,4,6-7,9-10H2,1H3. The fourth-order valence-corrected chi connectivity index (χ4v) is 3.00. The number of rotatable bonds is 5. The van der Waals surface area contributed by atoms with Crippen LogP contribution in [-0.2, 0) is 6.42 Å². The van der Waals surface area contributed by atoms with Crippen LogP contribution < -0.4 is 5.32 Å². The lowest BCUT2D eigenvalue weighted by Crippen LogP contribution is -2.29. The topological polar surface area (TPSA) is 55.2 Å². The Hall–Kier alpha value is -1.42. The molecule has 0 aliphatic heterocycles. The van der Waals surface area contributed by atoms with E-state index in [0.29, 0.717) is 12.0 Å². The fraction of sp³-hybridized carbons (Fsp3) is 0.571. The molecule has 4 heteroatoms. The average molecular weight is 248 g/mol. The van der Waals surface area contributed by atoms with Gasteiger partial charge >= 0.3 is 0 Å². The Morgan fingerprint density at radius 1 is 1.39 bits per heavy atom. The number of para-hydroxylation sites is 1. The summed E-state index contributed by atoms with van der Waals surface area (Å²) in [6, 6.07) is 7.67. The van der Waals surface area contributed by atoms with Gasteiger partial charge in [-0.25, -0.2) is 0 Å². The zero-order valence-corrected chi connectivity index (χ0v) is 10.8. The van der Waals surface area contributed by atoms with Crippen LogP contribution in [0.3, 0.4) is 0 Å². The van der Waals surface area contributed by atoms with E-state index in [1.54, 1.807) is 12.1 Å². The number of nitro groups is 1. The SMILES string of the molecule is CNC1CCCC1CCc1ccccc1[N+](=O)[O-]. The molecule has 0 amide bonds. The van der Waals surface area contributed by atoms with Gasteiger partial charge in [0.1, 0.15) is 0 Å². The third-order valence-electron chi connectivity index (χ3n) is 4.00. The van der Waals surface area contributed by atoms with E-state index in [4.69, 9.17) is 0 Å². The van der Waals surface area contributed by atoms with Gasteiger partial charge in [-0.05, 0) is 38.6 Å². The van der Waals surface area contributed by atoms with E-state index in [2.05, 4.69) is 5.32 Å². The van der Waals surface area contributed by atoms with E-state index >= 15 is 0 Å². The minimum atomic E-state index is -0.278. The molecule has 0 radical (unpaired) electrons. The molecule has 0 heterocycles. The Labute approximate surface area is 108 Å². The Morgan fingerprint density at radius 3 is 2.89 bits per heavy atom. The minimum Gasteiger partial charge on any atom is -0.317 e. The molecule has 1 aromatic rings. The quantitative estimate of drug-likeness (QED) is 0.644. The normalized spacial score (nSPS) is 23.2. The summed E-state index contributed by atoms with van der Waals surface area (Å²) in [4.78, 5) is 10.7. The molecule has 0 aromatic heterocycles. The van der Waals surface area contributed by atoms with E-state index < -0.39 is 0 Å². The van der Waals surface area contributed by atoms with E-state index in [9.17, 15) is 10.1 Å². The van der Waals surface area contributed by atoms with Gasteiger partial charge in [-0.3, -0.25) is 10.1 Å². The lowest BCUT2D eigenvalue weighted by molar-refractivity contribution is -0.385. The smallest absolute Gasteiger partial charge is 0.272 e. The van der Waals surface area contributed by atoms with Crippen LogP contribution in [0.15, 0.2) is 24.3 Å². The Bertz CT molecular complexity index is 420. The van der Waals surface area contributed by atoms with Gasteiger partial charge in [0.15, 0.2) is 0 Å². The molecule has 1 aliphatic carbocycles. The van der Waals surface area contributed by atoms with Crippen molar-refractivity contribution in [2.24, 2.45) is 5.92 Å². The summed E-state index contributed by atoms with van der Waals surface area (Å²) in [6.07, 6.45) is 5.59. The van der Waals surface area contributed by atoms with Crippen molar-refractivity contribution in [1.82, 2.24) is 5.32 Å². The highest BCUT2D eigenvalue weighted by Crippen LogP contribution is 2.30. The lowest BCUT2D eigenvalue weighted by Gasteiger charge is -2.18. The highest BCUT2D eigenvalue weighted by atomic mass is 16.6. The summed E-state index contributed by atoms with van der Waals surface area (Å²) in [6.45, 7) is 0. The van der Waals surface area contributed by atoms with Gasteiger partial charge in [-0.1, -0.05) is 24.6 Å². The van der Waals surface area contributed by atoms with E-state index in [1.807, 2.05) is 19.2 Å². The Morgan fingerprint density at radius 2 is 2.17 bits per heavy atom. The average Bonchev–Trinajstić information content (AvgIpc) is 2.84. The predicted octanol–water partition coefficient (Wildman–Crippen LogP) is 2.92. The molecular formula is C14H20N2O2. The fourth-order valence-electron chi connectivity index (χ4n) is 3.00. The zero-order valence-electron chi connectivity index (χ0n) is 10.8. The maximum Gasteiger partial charge on any atom is 0.272 e. The summed E-state index contributed by atoms with van der Waals surface area (Å²) in [7, 11) is 2.01. The van der Waals surface area contributed by atoms with Crippen molar-refractivity contribution in [2.45, 2.75) is 38.1 Å². The third kappa shape index (κ3) is 2.88. The van der Waals surface area contributed by atoms with E-state index in [-0.39, 0.29) is 10.6 Å². The number of hydrogen-bond acceptors (Lipinski definition) is 3. The van der Waals surface area contributed by atoms with Gasteiger partial charge in [0.05, 0.1) is 4.92 Å². The summed E-state index contributed by atoms with van der Waals surface area (Å²) >= 11 is 0. The van der Waals surface area contributed by atoms with Gasteiger partial charge < -0.3 is 5.32 Å². The first kappa shape index (κ1) is 13.0.